The lowest BCUT2D eigenvalue weighted by molar-refractivity contribution is -0.151. The van der Waals surface area contributed by atoms with Gasteiger partial charge in [-0.3, -0.25) is 14.4 Å². The predicted octanol–water partition coefficient (Wildman–Crippen LogP) is 1.83. The zero-order chi connectivity index (χ0) is 18.4. The van der Waals surface area contributed by atoms with E-state index in [-0.39, 0.29) is 30.2 Å². The Hall–Kier alpha value is -2.37. The van der Waals surface area contributed by atoms with E-state index in [0.717, 1.165) is 24.0 Å². The fourth-order valence-corrected chi connectivity index (χ4v) is 3.13. The highest BCUT2D eigenvalue weighted by Crippen LogP contribution is 2.18. The van der Waals surface area contributed by atoms with Gasteiger partial charge in [-0.05, 0) is 45.7 Å². The topological polar surface area (TPSA) is 75.7 Å². The molecule has 0 bridgehead atoms. The molecule has 1 atom stereocenters. The van der Waals surface area contributed by atoms with Crippen LogP contribution in [0.2, 0.25) is 0 Å². The van der Waals surface area contributed by atoms with Gasteiger partial charge in [0.05, 0.1) is 19.1 Å². The number of piperidine rings is 1. The second-order valence-corrected chi connectivity index (χ2v) is 6.49. The number of aryl methyl sites for hydroxylation is 2. The molecule has 1 N–H and O–H groups in total. The number of amides is 2. The first-order valence-corrected chi connectivity index (χ1v) is 8.71. The molecular formula is C19H26N2O4. The van der Waals surface area contributed by atoms with Crippen molar-refractivity contribution in [3.05, 3.63) is 34.9 Å². The summed E-state index contributed by atoms with van der Waals surface area (Å²) in [5, 5.41) is 2.67. The summed E-state index contributed by atoms with van der Waals surface area (Å²) in [6.45, 7) is 6.87. The van der Waals surface area contributed by atoms with Crippen LogP contribution in [0, 0.1) is 19.8 Å². The third-order valence-corrected chi connectivity index (χ3v) is 4.28. The van der Waals surface area contributed by atoms with Gasteiger partial charge in [0.15, 0.2) is 0 Å². The van der Waals surface area contributed by atoms with Crippen molar-refractivity contribution < 1.29 is 19.1 Å². The number of rotatable bonds is 5. The summed E-state index contributed by atoms with van der Waals surface area (Å²) in [4.78, 5) is 38.1. The molecule has 6 heteroatoms. The Morgan fingerprint density at radius 3 is 2.52 bits per heavy atom. The van der Waals surface area contributed by atoms with Gasteiger partial charge in [-0.1, -0.05) is 17.2 Å². The second-order valence-electron chi connectivity index (χ2n) is 6.49. The Bertz CT molecular complexity index is 637. The normalized spacial score (nSPS) is 17.1. The number of carbonyl (C=O) groups is 3. The number of ether oxygens (including phenoxy) is 1. The van der Waals surface area contributed by atoms with E-state index in [2.05, 4.69) is 5.32 Å². The van der Waals surface area contributed by atoms with Crippen LogP contribution in [0.5, 0.6) is 0 Å². The largest absolute Gasteiger partial charge is 0.466 e. The van der Waals surface area contributed by atoms with Gasteiger partial charge >= 0.3 is 5.97 Å². The Morgan fingerprint density at radius 2 is 1.88 bits per heavy atom. The molecule has 1 unspecified atom stereocenters. The lowest BCUT2D eigenvalue weighted by Gasteiger charge is -2.31. The highest BCUT2D eigenvalue weighted by Gasteiger charge is 2.29. The van der Waals surface area contributed by atoms with E-state index in [9.17, 15) is 14.4 Å². The standard InChI is InChI=1S/C19H26N2O4/c1-4-25-19(24)15-6-5-7-21(12-15)17(22)11-20-18(23)16-9-13(2)8-14(3)10-16/h8-10,15H,4-7,11-12H2,1-3H3,(H,20,23). The monoisotopic (exact) mass is 346 g/mol. The van der Waals surface area contributed by atoms with Gasteiger partial charge in [0.1, 0.15) is 0 Å². The summed E-state index contributed by atoms with van der Waals surface area (Å²) in [6, 6.07) is 5.58. The van der Waals surface area contributed by atoms with Gasteiger partial charge < -0.3 is 15.0 Å². The number of esters is 1. The summed E-state index contributed by atoms with van der Waals surface area (Å²) < 4.78 is 5.04. The predicted molar refractivity (Wildman–Crippen MR) is 94.2 cm³/mol. The molecular weight excluding hydrogens is 320 g/mol. The van der Waals surface area contributed by atoms with Crippen LogP contribution in [0.25, 0.3) is 0 Å². The summed E-state index contributed by atoms with van der Waals surface area (Å²) in [7, 11) is 0. The van der Waals surface area contributed by atoms with Crippen molar-refractivity contribution in [2.45, 2.75) is 33.6 Å². The molecule has 1 fully saturated rings. The summed E-state index contributed by atoms with van der Waals surface area (Å²) in [6.07, 6.45) is 1.50. The molecule has 1 aromatic rings. The molecule has 2 amide bonds. The van der Waals surface area contributed by atoms with E-state index in [1.54, 1.807) is 24.0 Å². The first-order chi connectivity index (χ1) is 11.9. The fourth-order valence-electron chi connectivity index (χ4n) is 3.13. The highest BCUT2D eigenvalue weighted by atomic mass is 16.5. The third-order valence-electron chi connectivity index (χ3n) is 4.28. The zero-order valence-electron chi connectivity index (χ0n) is 15.1. The molecule has 1 aliphatic heterocycles. The van der Waals surface area contributed by atoms with Crippen LogP contribution in [0.3, 0.4) is 0 Å². The molecule has 2 rings (SSSR count). The van der Waals surface area contributed by atoms with E-state index >= 15 is 0 Å². The second kappa shape index (κ2) is 8.65. The molecule has 1 aliphatic rings. The third kappa shape index (κ3) is 5.31. The zero-order valence-corrected chi connectivity index (χ0v) is 15.1. The number of carbonyl (C=O) groups excluding carboxylic acids is 3. The average Bonchev–Trinajstić information content (AvgIpc) is 2.58. The summed E-state index contributed by atoms with van der Waals surface area (Å²) in [5.74, 6) is -0.960. The van der Waals surface area contributed by atoms with Crippen LogP contribution in [-0.2, 0) is 14.3 Å². The van der Waals surface area contributed by atoms with Gasteiger partial charge in [-0.15, -0.1) is 0 Å². The highest BCUT2D eigenvalue weighted by molar-refractivity contribution is 5.96. The molecule has 0 radical (unpaired) electrons. The van der Waals surface area contributed by atoms with Crippen molar-refractivity contribution in [3.8, 4) is 0 Å². The molecule has 136 valence electrons. The molecule has 1 heterocycles. The van der Waals surface area contributed by atoms with Crippen LogP contribution >= 0.6 is 0 Å². The fraction of sp³-hybridized carbons (Fsp3) is 0.526. The van der Waals surface area contributed by atoms with E-state index in [4.69, 9.17) is 4.74 Å². The lowest BCUT2D eigenvalue weighted by atomic mass is 9.98. The quantitative estimate of drug-likeness (QED) is 0.826. The first kappa shape index (κ1) is 19.0. The maximum absolute atomic E-state index is 12.4. The lowest BCUT2D eigenvalue weighted by Crippen LogP contribution is -2.46. The minimum atomic E-state index is -0.271. The van der Waals surface area contributed by atoms with Crippen LogP contribution in [0.1, 0.15) is 41.3 Å². The number of nitrogens with zero attached hydrogens (tertiary/aromatic N) is 1. The Labute approximate surface area is 148 Å². The smallest absolute Gasteiger partial charge is 0.310 e. The molecule has 0 aromatic heterocycles. The number of benzene rings is 1. The molecule has 0 spiro atoms. The van der Waals surface area contributed by atoms with E-state index < -0.39 is 0 Å². The number of likely N-dealkylation sites (tertiary alicyclic amines) is 1. The van der Waals surface area contributed by atoms with Crippen molar-refractivity contribution in [2.75, 3.05) is 26.2 Å². The van der Waals surface area contributed by atoms with E-state index in [1.165, 1.54) is 0 Å². The molecule has 0 saturated carbocycles. The van der Waals surface area contributed by atoms with Crippen molar-refractivity contribution >= 4 is 17.8 Å². The number of hydrogen-bond donors (Lipinski definition) is 1. The van der Waals surface area contributed by atoms with Gasteiger partial charge in [-0.2, -0.15) is 0 Å². The van der Waals surface area contributed by atoms with Crippen LogP contribution < -0.4 is 5.32 Å². The maximum atomic E-state index is 12.4. The summed E-state index contributed by atoms with van der Waals surface area (Å²) in [5.41, 5.74) is 2.56. The van der Waals surface area contributed by atoms with Crippen molar-refractivity contribution in [1.29, 1.82) is 0 Å². The molecule has 0 aliphatic carbocycles. The number of nitrogens with one attached hydrogen (secondary N) is 1. The van der Waals surface area contributed by atoms with Crippen molar-refractivity contribution in [2.24, 2.45) is 5.92 Å². The average molecular weight is 346 g/mol. The van der Waals surface area contributed by atoms with Crippen LogP contribution in [0.4, 0.5) is 0 Å². The molecule has 1 aromatic carbocycles. The van der Waals surface area contributed by atoms with Crippen molar-refractivity contribution in [3.63, 3.8) is 0 Å². The van der Waals surface area contributed by atoms with Gasteiger partial charge in [-0.25, -0.2) is 0 Å². The minimum Gasteiger partial charge on any atom is -0.466 e. The minimum absolute atomic E-state index is 0.0681. The molecule has 6 nitrogen and oxygen atoms in total. The van der Waals surface area contributed by atoms with Crippen LogP contribution in [0.15, 0.2) is 18.2 Å². The first-order valence-electron chi connectivity index (χ1n) is 8.71. The maximum Gasteiger partial charge on any atom is 0.310 e. The molecule has 1 saturated heterocycles. The van der Waals surface area contributed by atoms with Crippen LogP contribution in [-0.4, -0.2) is 48.9 Å². The Morgan fingerprint density at radius 1 is 1.20 bits per heavy atom. The summed E-state index contributed by atoms with van der Waals surface area (Å²) >= 11 is 0. The van der Waals surface area contributed by atoms with Gasteiger partial charge in [0, 0.05) is 18.7 Å². The van der Waals surface area contributed by atoms with E-state index in [1.807, 2.05) is 19.9 Å². The Balaban J connectivity index is 1.88. The van der Waals surface area contributed by atoms with Crippen molar-refractivity contribution in [1.82, 2.24) is 10.2 Å². The van der Waals surface area contributed by atoms with E-state index in [0.29, 0.717) is 25.3 Å². The van der Waals surface area contributed by atoms with Gasteiger partial charge in [0.25, 0.3) is 5.91 Å². The number of hydrogen-bond acceptors (Lipinski definition) is 4. The van der Waals surface area contributed by atoms with Gasteiger partial charge in [0.2, 0.25) is 5.91 Å². The SMILES string of the molecule is CCOC(=O)C1CCCN(C(=O)CNC(=O)c2cc(C)cc(C)c2)C1. The molecule has 25 heavy (non-hydrogen) atoms. The Kier molecular flexibility index (Phi) is 6.56.